The molecule has 246 valence electrons. The number of thioether (sulfide) groups is 1. The SMILES string of the molecule is CC(C)[C@H]1COCCCCOc2ccc(cc2)C[C@@H](NC(=O)N[C@@H](CSCCNC(=O)OCc2ccccc2)C(=O)O)C(=O)N1. The van der Waals surface area contributed by atoms with Crippen molar-refractivity contribution in [3.8, 4) is 5.75 Å². The van der Waals surface area contributed by atoms with Gasteiger partial charge in [-0.3, -0.25) is 4.79 Å². The van der Waals surface area contributed by atoms with Crippen LogP contribution in [0.3, 0.4) is 0 Å². The third-order valence-electron chi connectivity index (χ3n) is 6.98. The molecule has 13 heteroatoms. The largest absolute Gasteiger partial charge is 0.494 e. The van der Waals surface area contributed by atoms with Gasteiger partial charge in [-0.05, 0) is 42.0 Å². The van der Waals surface area contributed by atoms with Gasteiger partial charge in [0.25, 0.3) is 0 Å². The molecule has 0 saturated carbocycles. The van der Waals surface area contributed by atoms with Crippen molar-refractivity contribution >= 4 is 35.8 Å². The predicted octanol–water partition coefficient (Wildman–Crippen LogP) is 3.34. The van der Waals surface area contributed by atoms with E-state index < -0.39 is 36.1 Å². The third-order valence-corrected chi connectivity index (χ3v) is 8.04. The number of rotatable bonds is 11. The summed E-state index contributed by atoms with van der Waals surface area (Å²) in [7, 11) is 0. The van der Waals surface area contributed by atoms with Crippen molar-refractivity contribution in [3.63, 3.8) is 0 Å². The molecule has 0 fully saturated rings. The molecule has 2 aliphatic rings. The number of benzene rings is 2. The second kappa shape index (κ2) is 19.4. The molecule has 4 amide bonds. The highest BCUT2D eigenvalue weighted by molar-refractivity contribution is 7.99. The number of carbonyl (C=O) groups is 4. The smallest absolute Gasteiger partial charge is 0.407 e. The molecular weight excluding hydrogens is 600 g/mol. The van der Waals surface area contributed by atoms with Crippen LogP contribution in [0.25, 0.3) is 0 Å². The van der Waals surface area contributed by atoms with Crippen molar-refractivity contribution in [1.29, 1.82) is 0 Å². The van der Waals surface area contributed by atoms with E-state index in [1.807, 2.05) is 68.4 Å². The first kappa shape index (κ1) is 35.5. The number of aliphatic carboxylic acids is 1. The zero-order valence-electron chi connectivity index (χ0n) is 25.8. The molecule has 3 atom stereocenters. The van der Waals surface area contributed by atoms with Gasteiger partial charge in [0, 0.05) is 31.1 Å². The van der Waals surface area contributed by atoms with Crippen LogP contribution in [0.2, 0.25) is 0 Å². The molecule has 0 saturated heterocycles. The van der Waals surface area contributed by atoms with Crippen LogP contribution in [0, 0.1) is 5.92 Å². The summed E-state index contributed by atoms with van der Waals surface area (Å²) in [6, 6.07) is 13.3. The summed E-state index contributed by atoms with van der Waals surface area (Å²) in [5.41, 5.74) is 1.66. The molecule has 45 heavy (non-hydrogen) atoms. The fourth-order valence-corrected chi connectivity index (χ4v) is 5.17. The van der Waals surface area contributed by atoms with Gasteiger partial charge in [0.15, 0.2) is 0 Å². The van der Waals surface area contributed by atoms with Crippen molar-refractivity contribution in [1.82, 2.24) is 21.3 Å². The molecule has 0 unspecified atom stereocenters. The first-order valence-electron chi connectivity index (χ1n) is 15.1. The Morgan fingerprint density at radius 1 is 1.07 bits per heavy atom. The van der Waals surface area contributed by atoms with Crippen molar-refractivity contribution in [2.45, 2.75) is 57.8 Å². The molecule has 0 spiro atoms. The number of hydrogen-bond acceptors (Lipinski definition) is 8. The van der Waals surface area contributed by atoms with Gasteiger partial charge in [0.05, 0.1) is 19.3 Å². The van der Waals surface area contributed by atoms with Crippen LogP contribution in [0.15, 0.2) is 54.6 Å². The Labute approximate surface area is 268 Å². The Kier molecular flexibility index (Phi) is 15.3. The van der Waals surface area contributed by atoms with Gasteiger partial charge in [-0.2, -0.15) is 11.8 Å². The number of carboxylic acids is 1. The van der Waals surface area contributed by atoms with E-state index in [2.05, 4.69) is 21.3 Å². The molecule has 0 aromatic heterocycles. The maximum absolute atomic E-state index is 13.4. The number of urea groups is 1. The highest BCUT2D eigenvalue weighted by Crippen LogP contribution is 2.15. The van der Waals surface area contributed by atoms with E-state index in [1.165, 1.54) is 11.8 Å². The summed E-state index contributed by atoms with van der Waals surface area (Å²) >= 11 is 1.25. The first-order valence-corrected chi connectivity index (χ1v) is 16.3. The Balaban J connectivity index is 1.53. The molecule has 2 aromatic rings. The number of amides is 4. The lowest BCUT2D eigenvalue weighted by molar-refractivity contribution is -0.138. The molecular formula is C32H44N4O8S. The zero-order chi connectivity index (χ0) is 32.4. The average molecular weight is 645 g/mol. The van der Waals surface area contributed by atoms with E-state index in [-0.39, 0.29) is 37.3 Å². The first-order chi connectivity index (χ1) is 21.7. The lowest BCUT2D eigenvalue weighted by Crippen LogP contribution is -2.56. The topological polar surface area (TPSA) is 164 Å². The number of fused-ring (bicyclic) bond motifs is 13. The number of carbonyl (C=O) groups excluding carboxylic acids is 3. The molecule has 2 bridgehead atoms. The predicted molar refractivity (Wildman–Crippen MR) is 171 cm³/mol. The summed E-state index contributed by atoms with van der Waals surface area (Å²) in [5, 5.41) is 20.5. The number of alkyl carbamates (subject to hydrolysis) is 1. The maximum Gasteiger partial charge on any atom is 0.407 e. The van der Waals surface area contributed by atoms with Crippen LogP contribution in [-0.2, 0) is 32.1 Å². The second-order valence-corrected chi connectivity index (χ2v) is 12.1. The minimum atomic E-state index is -1.22. The summed E-state index contributed by atoms with van der Waals surface area (Å²) in [6.45, 7) is 5.79. The van der Waals surface area contributed by atoms with Crippen LogP contribution in [0.4, 0.5) is 9.59 Å². The Morgan fingerprint density at radius 2 is 1.80 bits per heavy atom. The molecule has 2 aliphatic heterocycles. The zero-order valence-corrected chi connectivity index (χ0v) is 26.6. The summed E-state index contributed by atoms with van der Waals surface area (Å²) in [5.74, 6) is -0.377. The van der Waals surface area contributed by atoms with Gasteiger partial charge in [0.2, 0.25) is 5.91 Å². The summed E-state index contributed by atoms with van der Waals surface area (Å²) < 4.78 is 16.7. The minimum absolute atomic E-state index is 0.0502. The Morgan fingerprint density at radius 3 is 2.51 bits per heavy atom. The van der Waals surface area contributed by atoms with Crippen molar-refractivity contribution < 1.29 is 38.5 Å². The van der Waals surface area contributed by atoms with E-state index in [1.54, 1.807) is 0 Å². The normalized spacial score (nSPS) is 18.2. The number of ether oxygens (including phenoxy) is 3. The highest BCUT2D eigenvalue weighted by atomic mass is 32.2. The van der Waals surface area contributed by atoms with Gasteiger partial charge < -0.3 is 40.6 Å². The van der Waals surface area contributed by atoms with Crippen LogP contribution >= 0.6 is 11.8 Å². The van der Waals surface area contributed by atoms with Crippen molar-refractivity contribution in [2.75, 3.05) is 37.9 Å². The average Bonchev–Trinajstić information content (AvgIpc) is 3.02. The molecule has 0 aliphatic carbocycles. The van der Waals surface area contributed by atoms with E-state index in [4.69, 9.17) is 14.2 Å². The Bertz CT molecular complexity index is 1220. The number of carboxylic acid groups (broad SMARTS) is 1. The molecule has 2 heterocycles. The van der Waals surface area contributed by atoms with Gasteiger partial charge in [-0.25, -0.2) is 14.4 Å². The quantitative estimate of drug-likeness (QED) is 0.231. The molecule has 4 rings (SSSR count). The molecule has 12 nitrogen and oxygen atoms in total. The minimum Gasteiger partial charge on any atom is -0.494 e. The summed E-state index contributed by atoms with van der Waals surface area (Å²) in [6.07, 6.45) is 1.27. The maximum atomic E-state index is 13.4. The molecule has 2 aromatic carbocycles. The van der Waals surface area contributed by atoms with Crippen LogP contribution < -0.4 is 26.0 Å². The standard InChI is InChI=1S/C32H44N4O8S/c1-22(2)27-20-42-15-6-7-16-43-25-12-10-23(11-13-25)18-26(29(37)34-27)35-31(40)36-28(30(38)39)21-45-17-14-33-32(41)44-19-24-8-4-3-5-9-24/h3-5,8-13,22,26-28H,6-7,14-21H2,1-2H3,(H,33,41)(H,34,37)(H,38,39)(H2,35,36,40)/t26-,27-,28+/m1/s1. The van der Waals surface area contributed by atoms with Crippen molar-refractivity contribution in [2.24, 2.45) is 5.92 Å². The Hall–Kier alpha value is -3.97. The number of nitrogens with one attached hydrogen (secondary N) is 4. The van der Waals surface area contributed by atoms with Gasteiger partial charge in [-0.15, -0.1) is 0 Å². The summed E-state index contributed by atoms with van der Waals surface area (Å²) in [4.78, 5) is 50.2. The lowest BCUT2D eigenvalue weighted by Gasteiger charge is -2.26. The molecule has 0 radical (unpaired) electrons. The van der Waals surface area contributed by atoms with Gasteiger partial charge in [0.1, 0.15) is 24.4 Å². The lowest BCUT2D eigenvalue weighted by atomic mass is 10.0. The van der Waals surface area contributed by atoms with E-state index in [0.717, 1.165) is 24.0 Å². The van der Waals surface area contributed by atoms with E-state index >= 15 is 0 Å². The number of hydrogen-bond donors (Lipinski definition) is 5. The van der Waals surface area contributed by atoms with Gasteiger partial charge >= 0.3 is 18.1 Å². The van der Waals surface area contributed by atoms with Crippen molar-refractivity contribution in [3.05, 3.63) is 65.7 Å². The van der Waals surface area contributed by atoms with Gasteiger partial charge in [-0.1, -0.05) is 56.3 Å². The second-order valence-electron chi connectivity index (χ2n) is 11.0. The highest BCUT2D eigenvalue weighted by Gasteiger charge is 2.27. The van der Waals surface area contributed by atoms with E-state index in [9.17, 15) is 24.3 Å². The van der Waals surface area contributed by atoms with Crippen LogP contribution in [-0.4, -0.2) is 85.1 Å². The van der Waals surface area contributed by atoms with Crippen LogP contribution in [0.5, 0.6) is 5.75 Å². The fraction of sp³-hybridized carbons (Fsp3) is 0.500. The van der Waals surface area contributed by atoms with Crippen LogP contribution in [0.1, 0.15) is 37.8 Å². The molecule has 5 N–H and O–H groups in total. The fourth-order valence-electron chi connectivity index (χ4n) is 4.29. The third kappa shape index (κ3) is 13.7. The monoisotopic (exact) mass is 644 g/mol. The van der Waals surface area contributed by atoms with E-state index in [0.29, 0.717) is 31.3 Å².